The molecular weight excluding hydrogens is 447 g/mol. The molecule has 2 radical (unpaired) electrons. The number of benzene rings is 4. The highest BCUT2D eigenvalue weighted by atomic mass is 27.0. The van der Waals surface area contributed by atoms with Gasteiger partial charge in [0.05, 0.1) is 0 Å². The van der Waals surface area contributed by atoms with Crippen LogP contribution in [0.3, 0.4) is 0 Å². The van der Waals surface area contributed by atoms with Crippen molar-refractivity contribution in [2.75, 3.05) is 0 Å². The third kappa shape index (κ3) is 8.14. The smallest absolute Gasteiger partial charge is 0.449 e. The molecule has 0 atom stereocenters. The van der Waals surface area contributed by atoms with E-state index >= 15 is 0 Å². The van der Waals surface area contributed by atoms with E-state index in [1.54, 1.807) is 24.3 Å². The lowest BCUT2D eigenvalue weighted by atomic mass is 10.1. The van der Waals surface area contributed by atoms with Crippen LogP contribution in [-0.2, 0) is 0 Å². The molecule has 0 aliphatic heterocycles. The van der Waals surface area contributed by atoms with Gasteiger partial charge < -0.3 is 19.7 Å². The van der Waals surface area contributed by atoms with Crippen molar-refractivity contribution in [3.63, 3.8) is 0 Å². The van der Waals surface area contributed by atoms with Gasteiger partial charge in [-0.05, 0) is 23.3 Å². The maximum atomic E-state index is 10.5. The van der Waals surface area contributed by atoms with E-state index in [9.17, 15) is 9.59 Å². The lowest BCUT2D eigenvalue weighted by molar-refractivity contribution is 0.143. The first-order valence-corrected chi connectivity index (χ1v) is 11.4. The van der Waals surface area contributed by atoms with Crippen molar-refractivity contribution in [3.05, 3.63) is 109 Å². The van der Waals surface area contributed by atoms with Gasteiger partial charge in [0.25, 0.3) is 0 Å². The highest BCUT2D eigenvalue weighted by Gasteiger charge is 2.09. The molecule has 0 bridgehead atoms. The van der Waals surface area contributed by atoms with Crippen LogP contribution in [0, 0.1) is 0 Å². The summed E-state index contributed by atoms with van der Waals surface area (Å²) >= 11 is 2.42. The Balaban J connectivity index is 0.000000224. The molecular formula is C27H23AlO6. The summed E-state index contributed by atoms with van der Waals surface area (Å²) in [5.74, 6) is 2.61. The molecule has 0 saturated carbocycles. The zero-order valence-electron chi connectivity index (χ0n) is 18.5. The molecule has 0 saturated heterocycles. The number of ether oxygens (including phenoxy) is 2. The standard InChI is InChI=1S/2C13H10O3.CH3.Al/c2*14-13(15)16-12-9-5-4-8-11(12)10-6-2-1-3-7-10;;/h2*1-9H,(H,14,15);1H3;. The van der Waals surface area contributed by atoms with Gasteiger partial charge in [-0.15, -0.1) is 5.79 Å². The molecule has 0 aliphatic rings. The Morgan fingerprint density at radius 2 is 0.824 bits per heavy atom. The second-order valence-electron chi connectivity index (χ2n) is 6.46. The number of carbonyl (C=O) groups is 2. The third-order valence-corrected chi connectivity index (χ3v) is 4.34. The van der Waals surface area contributed by atoms with Gasteiger partial charge in [0.15, 0.2) is 0 Å². The van der Waals surface area contributed by atoms with Crippen LogP contribution in [0.25, 0.3) is 22.3 Å². The van der Waals surface area contributed by atoms with E-state index in [0.29, 0.717) is 11.5 Å². The molecule has 0 aliphatic carbocycles. The summed E-state index contributed by atoms with van der Waals surface area (Å²) in [6.07, 6.45) is -2.60. The molecule has 7 heteroatoms. The molecule has 0 spiro atoms. The van der Waals surface area contributed by atoms with E-state index in [1.165, 1.54) is 0 Å². The predicted molar refractivity (Wildman–Crippen MR) is 133 cm³/mol. The molecule has 34 heavy (non-hydrogen) atoms. The first kappa shape index (κ1) is 26.2. The van der Waals surface area contributed by atoms with Crippen molar-refractivity contribution in [2.45, 2.75) is 5.79 Å². The molecule has 4 rings (SSSR count). The highest BCUT2D eigenvalue weighted by molar-refractivity contribution is 6.05. The quantitative estimate of drug-likeness (QED) is 0.189. The fraction of sp³-hybridized carbons (Fsp3) is 0.0370. The number of para-hydroxylation sites is 2. The van der Waals surface area contributed by atoms with Crippen LogP contribution in [-0.4, -0.2) is 38.8 Å². The molecule has 0 unspecified atom stereocenters. The van der Waals surface area contributed by atoms with E-state index < -0.39 is 12.3 Å². The topological polar surface area (TPSA) is 93.1 Å². The second kappa shape index (κ2) is 14.2. The Bertz CT molecular complexity index is 1080. The average Bonchev–Trinajstić information content (AvgIpc) is 2.87. The summed E-state index contributed by atoms with van der Waals surface area (Å²) in [6, 6.07) is 33.1. The maximum absolute atomic E-state index is 10.5. The SMILES string of the molecule is O=C(O)Oc1ccccc1-c1ccccc1.O=C(O)Oc1ccccc1-c1ccccc1.[CH3][Al]. The largest absolute Gasteiger partial charge is 0.511 e. The van der Waals surface area contributed by atoms with Crippen LogP contribution in [0.15, 0.2) is 109 Å². The van der Waals surface area contributed by atoms with Crippen LogP contribution in [0.4, 0.5) is 9.59 Å². The van der Waals surface area contributed by atoms with Gasteiger partial charge in [-0.3, -0.25) is 0 Å². The summed E-state index contributed by atoms with van der Waals surface area (Å²) in [6.45, 7) is 0. The maximum Gasteiger partial charge on any atom is 0.511 e. The van der Waals surface area contributed by atoms with Crippen molar-refractivity contribution in [3.8, 4) is 33.8 Å². The number of hydrogen-bond donors (Lipinski definition) is 2. The molecule has 0 fully saturated rings. The van der Waals surface area contributed by atoms with Gasteiger partial charge in [-0.2, -0.15) is 0 Å². The van der Waals surface area contributed by atoms with Gasteiger partial charge in [0, 0.05) is 11.1 Å². The lowest BCUT2D eigenvalue weighted by Crippen LogP contribution is -2.03. The van der Waals surface area contributed by atoms with E-state index in [2.05, 4.69) is 16.3 Å². The van der Waals surface area contributed by atoms with Gasteiger partial charge in [-0.25, -0.2) is 9.59 Å². The molecule has 170 valence electrons. The van der Waals surface area contributed by atoms with E-state index in [-0.39, 0.29) is 0 Å². The van der Waals surface area contributed by atoms with Crippen LogP contribution < -0.4 is 9.47 Å². The monoisotopic (exact) mass is 470 g/mol. The van der Waals surface area contributed by atoms with Crippen molar-refractivity contribution >= 4 is 28.6 Å². The van der Waals surface area contributed by atoms with Crippen LogP contribution in [0.2, 0.25) is 5.79 Å². The van der Waals surface area contributed by atoms with Gasteiger partial charge in [0.2, 0.25) is 0 Å². The highest BCUT2D eigenvalue weighted by Crippen LogP contribution is 2.30. The Hall–Kier alpha value is -4.05. The Morgan fingerprint density at radius 1 is 0.529 bits per heavy atom. The summed E-state index contributed by atoms with van der Waals surface area (Å²) in [5, 5.41) is 17.2. The number of hydrogen-bond acceptors (Lipinski definition) is 4. The Kier molecular flexibility index (Phi) is 10.9. The molecule has 0 aromatic heterocycles. The summed E-state index contributed by atoms with van der Waals surface area (Å²) < 4.78 is 9.43. The zero-order valence-corrected chi connectivity index (χ0v) is 19.7. The molecule has 0 heterocycles. The lowest BCUT2D eigenvalue weighted by Gasteiger charge is -2.07. The normalized spacial score (nSPS) is 9.32. The molecule has 0 amide bonds. The van der Waals surface area contributed by atoms with Crippen molar-refractivity contribution < 1.29 is 29.3 Å². The average molecular weight is 470 g/mol. The Labute approximate surface area is 206 Å². The molecule has 2 N–H and O–H groups in total. The van der Waals surface area contributed by atoms with Crippen LogP contribution in [0.5, 0.6) is 11.5 Å². The van der Waals surface area contributed by atoms with E-state index in [1.807, 2.05) is 90.7 Å². The van der Waals surface area contributed by atoms with Crippen molar-refractivity contribution in [1.29, 1.82) is 0 Å². The first-order chi connectivity index (χ1) is 16.5. The van der Waals surface area contributed by atoms with Gasteiger partial charge in [0.1, 0.15) is 27.8 Å². The summed E-state index contributed by atoms with van der Waals surface area (Å²) in [7, 11) is 0. The first-order valence-electron chi connectivity index (χ1n) is 10.2. The third-order valence-electron chi connectivity index (χ3n) is 4.34. The van der Waals surface area contributed by atoms with E-state index in [4.69, 9.17) is 19.7 Å². The molecule has 4 aromatic carbocycles. The molecule has 6 nitrogen and oxygen atoms in total. The second-order valence-corrected chi connectivity index (χ2v) is 6.46. The van der Waals surface area contributed by atoms with Crippen molar-refractivity contribution in [1.82, 2.24) is 0 Å². The van der Waals surface area contributed by atoms with Crippen LogP contribution in [0.1, 0.15) is 0 Å². The van der Waals surface area contributed by atoms with Crippen LogP contribution >= 0.6 is 0 Å². The minimum absolute atomic E-state index is 0.348. The summed E-state index contributed by atoms with van der Waals surface area (Å²) in [4.78, 5) is 21.1. The fourth-order valence-corrected chi connectivity index (χ4v) is 3.01. The van der Waals surface area contributed by atoms with E-state index in [0.717, 1.165) is 22.3 Å². The number of rotatable bonds is 4. The van der Waals surface area contributed by atoms with Crippen molar-refractivity contribution in [2.24, 2.45) is 0 Å². The molecule has 4 aromatic rings. The Morgan fingerprint density at radius 3 is 1.15 bits per heavy atom. The van der Waals surface area contributed by atoms with Gasteiger partial charge >= 0.3 is 12.3 Å². The predicted octanol–water partition coefficient (Wildman–Crippen LogP) is 7.02. The number of carboxylic acid groups (broad SMARTS) is 2. The van der Waals surface area contributed by atoms with Gasteiger partial charge in [-0.1, -0.05) is 97.1 Å². The zero-order chi connectivity index (χ0) is 24.8. The summed E-state index contributed by atoms with van der Waals surface area (Å²) in [5.41, 5.74) is 3.40. The fourth-order valence-electron chi connectivity index (χ4n) is 3.01. The minimum atomic E-state index is -1.30. The minimum Gasteiger partial charge on any atom is -0.449 e.